The topological polar surface area (TPSA) is 116 Å². The van der Waals surface area contributed by atoms with Crippen molar-refractivity contribution in [1.29, 1.82) is 0 Å². The Morgan fingerprint density at radius 2 is 1.83 bits per heavy atom. The van der Waals surface area contributed by atoms with Crippen molar-refractivity contribution in [2.45, 2.75) is 5.75 Å². The Morgan fingerprint density at radius 3 is 2.43 bits per heavy atom. The zero-order valence-electron chi connectivity index (χ0n) is 11.8. The minimum atomic E-state index is -3.70. The molecule has 0 aliphatic carbocycles. The number of furan rings is 1. The summed E-state index contributed by atoms with van der Waals surface area (Å²) in [6, 6.07) is 13.3. The van der Waals surface area contributed by atoms with Gasteiger partial charge in [0.25, 0.3) is 0 Å². The Bertz CT molecular complexity index is 993. The Labute approximate surface area is 131 Å². The molecule has 0 fully saturated rings. The van der Waals surface area contributed by atoms with Crippen LogP contribution in [0.25, 0.3) is 22.1 Å². The average Bonchev–Trinajstić information content (AvgIpc) is 2.85. The van der Waals surface area contributed by atoms with Gasteiger partial charge in [-0.05, 0) is 23.3 Å². The molecule has 0 radical (unpaired) electrons. The van der Waals surface area contributed by atoms with E-state index >= 15 is 0 Å². The molecule has 0 saturated carbocycles. The van der Waals surface area contributed by atoms with Gasteiger partial charge in [-0.15, -0.1) is 0 Å². The van der Waals surface area contributed by atoms with Crippen molar-refractivity contribution in [3.8, 4) is 11.1 Å². The van der Waals surface area contributed by atoms with Gasteiger partial charge in [-0.3, -0.25) is 10.1 Å². The second-order valence-electron chi connectivity index (χ2n) is 5.04. The molecule has 3 rings (SSSR count). The van der Waals surface area contributed by atoms with E-state index in [2.05, 4.69) is 0 Å². The SMILES string of the molecule is NS(=O)(=O)Cc1ccc2oc([N+](=O)[O-])c(-c3ccccc3)c2c1. The largest absolute Gasteiger partial charge is 0.442 e. The Morgan fingerprint density at radius 1 is 1.13 bits per heavy atom. The van der Waals surface area contributed by atoms with Gasteiger partial charge in [0.1, 0.15) is 16.1 Å². The maximum absolute atomic E-state index is 11.3. The van der Waals surface area contributed by atoms with Crippen LogP contribution < -0.4 is 5.14 Å². The molecule has 8 heteroatoms. The predicted molar refractivity (Wildman–Crippen MR) is 85.1 cm³/mol. The van der Waals surface area contributed by atoms with Gasteiger partial charge in [-0.2, -0.15) is 0 Å². The van der Waals surface area contributed by atoms with Gasteiger partial charge in [-0.25, -0.2) is 13.6 Å². The number of nitrogens with zero attached hydrogens (tertiary/aromatic N) is 1. The van der Waals surface area contributed by atoms with Gasteiger partial charge < -0.3 is 4.42 Å². The van der Waals surface area contributed by atoms with Crippen molar-refractivity contribution in [1.82, 2.24) is 0 Å². The van der Waals surface area contributed by atoms with Crippen LogP contribution in [-0.4, -0.2) is 13.3 Å². The van der Waals surface area contributed by atoms with Gasteiger partial charge in [0.15, 0.2) is 0 Å². The smallest absolute Gasteiger partial charge is 0.400 e. The fourth-order valence-electron chi connectivity index (χ4n) is 2.47. The van der Waals surface area contributed by atoms with E-state index in [4.69, 9.17) is 9.56 Å². The summed E-state index contributed by atoms with van der Waals surface area (Å²) < 4.78 is 27.8. The van der Waals surface area contributed by atoms with Gasteiger partial charge in [0, 0.05) is 5.39 Å². The highest BCUT2D eigenvalue weighted by atomic mass is 32.2. The fourth-order valence-corrected chi connectivity index (χ4v) is 3.11. The molecule has 0 unspecified atom stereocenters. The number of sulfonamides is 1. The van der Waals surface area contributed by atoms with Crippen LogP contribution >= 0.6 is 0 Å². The Hall–Kier alpha value is -2.71. The van der Waals surface area contributed by atoms with E-state index in [1.165, 1.54) is 12.1 Å². The highest BCUT2D eigenvalue weighted by molar-refractivity contribution is 7.88. The number of hydrogen-bond donors (Lipinski definition) is 1. The Balaban J connectivity index is 2.28. The number of hydrogen-bond acceptors (Lipinski definition) is 5. The van der Waals surface area contributed by atoms with Crippen LogP contribution in [0.3, 0.4) is 0 Å². The molecule has 3 aromatic rings. The van der Waals surface area contributed by atoms with Gasteiger partial charge in [0.05, 0.1) is 5.75 Å². The summed E-state index contributed by atoms with van der Waals surface area (Å²) in [6.07, 6.45) is 0. The van der Waals surface area contributed by atoms with Crippen LogP contribution in [0.4, 0.5) is 5.88 Å². The summed E-state index contributed by atoms with van der Waals surface area (Å²) in [5.41, 5.74) is 1.69. The Kier molecular flexibility index (Phi) is 3.63. The van der Waals surface area contributed by atoms with E-state index in [1.54, 1.807) is 36.4 Å². The molecular weight excluding hydrogens is 320 g/mol. The van der Waals surface area contributed by atoms with Crippen LogP contribution in [-0.2, 0) is 15.8 Å². The summed E-state index contributed by atoms with van der Waals surface area (Å²) in [6.45, 7) is 0. The predicted octanol–water partition coefficient (Wildman–Crippen LogP) is 2.80. The van der Waals surface area contributed by atoms with Crippen molar-refractivity contribution >= 4 is 26.9 Å². The lowest BCUT2D eigenvalue weighted by Crippen LogP contribution is -2.14. The lowest BCUT2D eigenvalue weighted by atomic mass is 10.0. The molecule has 1 heterocycles. The maximum Gasteiger partial charge on any atom is 0.442 e. The van der Waals surface area contributed by atoms with Crippen molar-refractivity contribution < 1.29 is 17.8 Å². The first-order chi connectivity index (χ1) is 10.8. The molecule has 0 aliphatic heterocycles. The second-order valence-corrected chi connectivity index (χ2v) is 6.66. The molecule has 2 N–H and O–H groups in total. The molecule has 0 saturated heterocycles. The summed E-state index contributed by atoms with van der Waals surface area (Å²) in [5.74, 6) is -0.727. The number of rotatable bonds is 4. The third kappa shape index (κ3) is 3.08. The lowest BCUT2D eigenvalue weighted by Gasteiger charge is -2.01. The molecule has 2 aromatic carbocycles. The third-order valence-corrected chi connectivity index (χ3v) is 4.07. The highest BCUT2D eigenvalue weighted by Gasteiger charge is 2.25. The van der Waals surface area contributed by atoms with E-state index in [0.717, 1.165) is 0 Å². The number of fused-ring (bicyclic) bond motifs is 1. The van der Waals surface area contributed by atoms with Gasteiger partial charge >= 0.3 is 5.88 Å². The van der Waals surface area contributed by atoms with Crippen molar-refractivity contribution in [2.75, 3.05) is 0 Å². The van der Waals surface area contributed by atoms with Crippen molar-refractivity contribution in [3.63, 3.8) is 0 Å². The summed E-state index contributed by atoms with van der Waals surface area (Å²) in [7, 11) is -3.70. The van der Waals surface area contributed by atoms with Crippen LogP contribution in [0.1, 0.15) is 5.56 Å². The number of nitrogens with two attached hydrogens (primary N) is 1. The van der Waals surface area contributed by atoms with E-state index in [9.17, 15) is 18.5 Å². The van der Waals surface area contributed by atoms with Crippen LogP contribution in [0, 0.1) is 10.1 Å². The van der Waals surface area contributed by atoms with E-state index in [1.807, 2.05) is 0 Å². The van der Waals surface area contributed by atoms with Crippen LogP contribution in [0.2, 0.25) is 0 Å². The first kappa shape index (κ1) is 15.2. The quantitative estimate of drug-likeness (QED) is 0.582. The molecule has 0 aliphatic rings. The van der Waals surface area contributed by atoms with Gasteiger partial charge in [0.2, 0.25) is 10.0 Å². The monoisotopic (exact) mass is 332 g/mol. The summed E-state index contributed by atoms with van der Waals surface area (Å²) >= 11 is 0. The van der Waals surface area contributed by atoms with Crippen molar-refractivity contribution in [3.05, 3.63) is 64.2 Å². The molecule has 0 atom stereocenters. The van der Waals surface area contributed by atoms with Gasteiger partial charge in [-0.1, -0.05) is 36.4 Å². The third-order valence-electron chi connectivity index (χ3n) is 3.33. The van der Waals surface area contributed by atoms with Crippen molar-refractivity contribution in [2.24, 2.45) is 5.14 Å². The zero-order chi connectivity index (χ0) is 16.6. The molecule has 7 nitrogen and oxygen atoms in total. The van der Waals surface area contributed by atoms with E-state index in [-0.39, 0.29) is 11.6 Å². The highest BCUT2D eigenvalue weighted by Crippen LogP contribution is 2.40. The standard InChI is InChI=1S/C15H12N2O5S/c16-23(20,21)9-10-6-7-13-12(8-10)14(15(22-13)17(18)19)11-4-2-1-3-5-11/h1-8H,9H2,(H2,16,20,21). The summed E-state index contributed by atoms with van der Waals surface area (Å²) in [5, 5.41) is 16.8. The summed E-state index contributed by atoms with van der Waals surface area (Å²) in [4.78, 5) is 10.7. The minimum Gasteiger partial charge on any atom is -0.400 e. The molecular formula is C15H12N2O5S. The van der Waals surface area contributed by atoms with Crippen LogP contribution in [0.5, 0.6) is 0 Å². The van der Waals surface area contributed by atoms with Crippen LogP contribution in [0.15, 0.2) is 52.9 Å². The lowest BCUT2D eigenvalue weighted by molar-refractivity contribution is -0.400. The van der Waals surface area contributed by atoms with E-state index < -0.39 is 14.9 Å². The first-order valence-corrected chi connectivity index (χ1v) is 8.32. The molecule has 23 heavy (non-hydrogen) atoms. The zero-order valence-corrected chi connectivity index (χ0v) is 12.6. The second kappa shape index (κ2) is 5.49. The van der Waals surface area contributed by atoms with E-state index in [0.29, 0.717) is 27.7 Å². The molecule has 0 spiro atoms. The number of nitro groups is 1. The molecule has 1 aromatic heterocycles. The fraction of sp³-hybridized carbons (Fsp3) is 0.0667. The normalized spacial score (nSPS) is 11.7. The average molecular weight is 332 g/mol. The molecule has 118 valence electrons. The minimum absolute atomic E-state index is 0.314. The molecule has 0 amide bonds. The number of benzene rings is 2. The maximum atomic E-state index is 11.3. The number of primary sulfonamides is 1. The molecule has 0 bridgehead atoms. The first-order valence-electron chi connectivity index (χ1n) is 6.61.